The summed E-state index contributed by atoms with van der Waals surface area (Å²) in [5.41, 5.74) is 2.24. The van der Waals surface area contributed by atoms with Crippen LogP contribution in [0.15, 0.2) is 97.1 Å². The predicted octanol–water partition coefficient (Wildman–Crippen LogP) is 4.58. The van der Waals surface area contributed by atoms with Gasteiger partial charge in [0, 0.05) is 31.7 Å². The second-order valence-electron chi connectivity index (χ2n) is 9.91. The Morgan fingerprint density at radius 3 is 2.24 bits per heavy atom. The Balaban J connectivity index is 1.42. The number of nitrogens with zero attached hydrogens (tertiary/aromatic N) is 2. The molecule has 0 radical (unpaired) electrons. The molecule has 0 aromatic heterocycles. The zero-order valence-electron chi connectivity index (χ0n) is 22.9. The number of carbonyl (C=O) groups excluding carboxylic acids is 2. The van der Waals surface area contributed by atoms with E-state index < -0.39 is 17.7 Å². The lowest BCUT2D eigenvalue weighted by molar-refractivity contribution is -0.140. The molecule has 3 aromatic carbocycles. The molecule has 2 saturated heterocycles. The van der Waals surface area contributed by atoms with E-state index in [2.05, 4.69) is 11.5 Å². The SMILES string of the molecule is C=CCOc1ccc(C2C(=C(O)c3ccc(OCc4ccccc4)cc3)C(=O)C(=O)N2CCN2CCOCC2)cc1. The fourth-order valence-electron chi connectivity index (χ4n) is 5.04. The number of ether oxygens (including phenoxy) is 3. The minimum absolute atomic E-state index is 0.0645. The molecule has 0 saturated carbocycles. The number of hydrogen-bond acceptors (Lipinski definition) is 7. The van der Waals surface area contributed by atoms with E-state index in [0.29, 0.717) is 62.1 Å². The molecule has 2 fully saturated rings. The first-order valence-corrected chi connectivity index (χ1v) is 13.7. The summed E-state index contributed by atoms with van der Waals surface area (Å²) in [4.78, 5) is 30.5. The summed E-state index contributed by atoms with van der Waals surface area (Å²) in [6.45, 7) is 8.19. The third kappa shape index (κ3) is 6.67. The molecule has 2 heterocycles. The Kier molecular flexibility index (Phi) is 9.13. The number of ketones is 1. The number of aliphatic hydroxyl groups excluding tert-OH is 1. The molecule has 212 valence electrons. The summed E-state index contributed by atoms with van der Waals surface area (Å²) in [5.74, 6) is -0.276. The third-order valence-electron chi connectivity index (χ3n) is 7.24. The maximum Gasteiger partial charge on any atom is 0.295 e. The van der Waals surface area contributed by atoms with Gasteiger partial charge < -0.3 is 24.2 Å². The molecule has 2 aliphatic rings. The molecule has 1 N–H and O–H groups in total. The van der Waals surface area contributed by atoms with Gasteiger partial charge >= 0.3 is 0 Å². The molecule has 5 rings (SSSR count). The molecule has 3 aromatic rings. The number of morpholine rings is 1. The molecule has 1 atom stereocenters. The number of likely N-dealkylation sites (tertiary alicyclic amines) is 1. The van der Waals surface area contributed by atoms with Crippen molar-refractivity contribution >= 4 is 17.4 Å². The van der Waals surface area contributed by atoms with Gasteiger partial charge in [-0.2, -0.15) is 0 Å². The lowest BCUT2D eigenvalue weighted by Gasteiger charge is -2.31. The standard InChI is InChI=1S/C33H34N2O6/c1-2-20-40-27-12-8-25(9-13-27)30-29(32(37)33(38)35(30)17-16-34-18-21-39-22-19-34)31(36)26-10-14-28(15-11-26)41-23-24-6-4-3-5-7-24/h2-15,30,36H,1,16-23H2. The van der Waals surface area contributed by atoms with Gasteiger partial charge in [-0.15, -0.1) is 0 Å². The van der Waals surface area contributed by atoms with Gasteiger partial charge in [0.2, 0.25) is 0 Å². The summed E-state index contributed by atoms with van der Waals surface area (Å²) in [6, 6.07) is 23.2. The lowest BCUT2D eigenvalue weighted by atomic mass is 9.95. The van der Waals surface area contributed by atoms with Crippen LogP contribution in [0.1, 0.15) is 22.7 Å². The molecule has 41 heavy (non-hydrogen) atoms. The number of aliphatic hydroxyl groups is 1. The van der Waals surface area contributed by atoms with Gasteiger partial charge in [-0.1, -0.05) is 55.1 Å². The van der Waals surface area contributed by atoms with Crippen LogP contribution >= 0.6 is 0 Å². The minimum Gasteiger partial charge on any atom is -0.507 e. The van der Waals surface area contributed by atoms with E-state index in [1.54, 1.807) is 47.4 Å². The van der Waals surface area contributed by atoms with Crippen molar-refractivity contribution in [2.24, 2.45) is 0 Å². The van der Waals surface area contributed by atoms with E-state index in [0.717, 1.165) is 18.7 Å². The van der Waals surface area contributed by atoms with Crippen molar-refractivity contribution < 1.29 is 28.9 Å². The van der Waals surface area contributed by atoms with Gasteiger partial charge in [0.1, 0.15) is 30.5 Å². The molecule has 8 heteroatoms. The Hall–Kier alpha value is -4.40. The van der Waals surface area contributed by atoms with Crippen LogP contribution in [-0.2, 0) is 20.9 Å². The third-order valence-corrected chi connectivity index (χ3v) is 7.24. The second kappa shape index (κ2) is 13.3. The zero-order valence-corrected chi connectivity index (χ0v) is 22.9. The van der Waals surface area contributed by atoms with E-state index in [4.69, 9.17) is 14.2 Å². The highest BCUT2D eigenvalue weighted by molar-refractivity contribution is 6.46. The van der Waals surface area contributed by atoms with Crippen LogP contribution in [0.25, 0.3) is 5.76 Å². The number of hydrogen-bond donors (Lipinski definition) is 1. The van der Waals surface area contributed by atoms with Crippen LogP contribution in [-0.4, -0.2) is 72.6 Å². The summed E-state index contributed by atoms with van der Waals surface area (Å²) in [7, 11) is 0. The van der Waals surface area contributed by atoms with Crippen molar-refractivity contribution in [2.75, 3.05) is 46.0 Å². The number of amides is 1. The Bertz CT molecular complexity index is 1380. The van der Waals surface area contributed by atoms with Crippen molar-refractivity contribution in [3.8, 4) is 11.5 Å². The maximum absolute atomic E-state index is 13.4. The Morgan fingerprint density at radius 2 is 1.56 bits per heavy atom. The number of benzene rings is 3. The van der Waals surface area contributed by atoms with E-state index in [-0.39, 0.29) is 11.3 Å². The van der Waals surface area contributed by atoms with Crippen molar-refractivity contribution in [1.82, 2.24) is 9.80 Å². The molecule has 2 aliphatic heterocycles. The highest BCUT2D eigenvalue weighted by Gasteiger charge is 2.46. The quantitative estimate of drug-likeness (QED) is 0.161. The maximum atomic E-state index is 13.4. The molecule has 0 bridgehead atoms. The summed E-state index contributed by atoms with van der Waals surface area (Å²) in [6.07, 6.45) is 1.66. The minimum atomic E-state index is -0.737. The average molecular weight is 555 g/mol. The first-order chi connectivity index (χ1) is 20.0. The molecule has 0 aliphatic carbocycles. The second-order valence-corrected chi connectivity index (χ2v) is 9.91. The average Bonchev–Trinajstić information content (AvgIpc) is 3.28. The largest absolute Gasteiger partial charge is 0.507 e. The van der Waals surface area contributed by atoms with Crippen LogP contribution in [0, 0.1) is 0 Å². The summed E-state index contributed by atoms with van der Waals surface area (Å²) >= 11 is 0. The molecule has 8 nitrogen and oxygen atoms in total. The van der Waals surface area contributed by atoms with Gasteiger partial charge in [-0.25, -0.2) is 0 Å². The predicted molar refractivity (Wildman–Crippen MR) is 156 cm³/mol. The van der Waals surface area contributed by atoms with Gasteiger partial charge in [-0.3, -0.25) is 14.5 Å². The topological polar surface area (TPSA) is 88.5 Å². The summed E-state index contributed by atoms with van der Waals surface area (Å²) < 4.78 is 16.9. The summed E-state index contributed by atoms with van der Waals surface area (Å²) in [5, 5.41) is 11.4. The van der Waals surface area contributed by atoms with Gasteiger partial charge in [0.15, 0.2) is 0 Å². The van der Waals surface area contributed by atoms with Crippen molar-refractivity contribution in [3.05, 3.63) is 114 Å². The van der Waals surface area contributed by atoms with Gasteiger partial charge in [0.25, 0.3) is 11.7 Å². The van der Waals surface area contributed by atoms with Gasteiger partial charge in [0.05, 0.1) is 24.8 Å². The molecular weight excluding hydrogens is 520 g/mol. The van der Waals surface area contributed by atoms with Crippen molar-refractivity contribution in [3.63, 3.8) is 0 Å². The molecule has 1 amide bonds. The van der Waals surface area contributed by atoms with E-state index in [1.807, 2.05) is 42.5 Å². The molecule has 0 spiro atoms. The van der Waals surface area contributed by atoms with Crippen LogP contribution in [0.5, 0.6) is 11.5 Å². The van der Waals surface area contributed by atoms with E-state index in [9.17, 15) is 14.7 Å². The molecule has 1 unspecified atom stereocenters. The van der Waals surface area contributed by atoms with Crippen molar-refractivity contribution in [1.29, 1.82) is 0 Å². The Morgan fingerprint density at radius 1 is 0.902 bits per heavy atom. The first kappa shape index (κ1) is 28.1. The van der Waals surface area contributed by atoms with Crippen LogP contribution < -0.4 is 9.47 Å². The first-order valence-electron chi connectivity index (χ1n) is 13.7. The van der Waals surface area contributed by atoms with Crippen LogP contribution in [0.2, 0.25) is 0 Å². The number of Topliss-reactive ketones (excluding diaryl/α,β-unsaturated/α-hetero) is 1. The van der Waals surface area contributed by atoms with Crippen LogP contribution in [0.4, 0.5) is 0 Å². The van der Waals surface area contributed by atoms with Crippen molar-refractivity contribution in [2.45, 2.75) is 12.6 Å². The highest BCUT2D eigenvalue weighted by atomic mass is 16.5. The monoisotopic (exact) mass is 554 g/mol. The number of carbonyl (C=O) groups is 2. The Labute approximate surface area is 240 Å². The van der Waals surface area contributed by atoms with Gasteiger partial charge in [-0.05, 0) is 47.5 Å². The number of rotatable bonds is 11. The van der Waals surface area contributed by atoms with Crippen LogP contribution in [0.3, 0.4) is 0 Å². The fraction of sp³-hybridized carbons (Fsp3) is 0.273. The van der Waals surface area contributed by atoms with E-state index in [1.165, 1.54) is 0 Å². The van der Waals surface area contributed by atoms with E-state index >= 15 is 0 Å². The molecular formula is C33H34N2O6. The zero-order chi connectivity index (χ0) is 28.6. The highest BCUT2D eigenvalue weighted by Crippen LogP contribution is 2.40. The fourth-order valence-corrected chi connectivity index (χ4v) is 5.04. The normalized spacial score (nSPS) is 18.8. The smallest absolute Gasteiger partial charge is 0.295 e. The lowest BCUT2D eigenvalue weighted by Crippen LogP contribution is -2.42.